The van der Waals surface area contributed by atoms with E-state index in [0.717, 1.165) is 16.5 Å². The number of aromatic nitrogens is 1. The van der Waals surface area contributed by atoms with Gasteiger partial charge >= 0.3 is 0 Å². The minimum absolute atomic E-state index is 0.0124. The Labute approximate surface area is 196 Å². The summed E-state index contributed by atoms with van der Waals surface area (Å²) >= 11 is 1.48. The van der Waals surface area contributed by atoms with Crippen LogP contribution in [0.1, 0.15) is 33.5 Å². The van der Waals surface area contributed by atoms with Crippen molar-refractivity contribution in [2.24, 2.45) is 0 Å². The second kappa shape index (κ2) is 10.1. The number of amides is 1. The molecule has 0 unspecified atom stereocenters. The van der Waals surface area contributed by atoms with Crippen molar-refractivity contribution in [1.82, 2.24) is 9.88 Å². The van der Waals surface area contributed by atoms with Crippen LogP contribution in [0.3, 0.4) is 0 Å². The van der Waals surface area contributed by atoms with Crippen LogP contribution in [0.5, 0.6) is 5.75 Å². The highest BCUT2D eigenvalue weighted by Crippen LogP contribution is 2.23. The van der Waals surface area contributed by atoms with Gasteiger partial charge in [0.05, 0.1) is 17.8 Å². The van der Waals surface area contributed by atoms with Crippen LogP contribution in [0.25, 0.3) is 0 Å². The lowest BCUT2D eigenvalue weighted by Gasteiger charge is -2.36. The molecule has 1 amide bonds. The number of hydrogen-bond acceptors (Lipinski definition) is 6. The van der Waals surface area contributed by atoms with Gasteiger partial charge in [-0.3, -0.25) is 9.59 Å². The standard InChI is InChI=1S/C25H26FN3O3S/c1-17-3-6-21(7-4-17)32-15-24-27-20(16-33-24)14-25(31)29-11-9-28(10-12-29)23-8-5-19(18(2)30)13-22(23)26/h3-8,13,16H,9-12,14-15H2,1-2H3. The average molecular weight is 468 g/mol. The predicted octanol–water partition coefficient (Wildman–Crippen LogP) is 4.26. The van der Waals surface area contributed by atoms with E-state index in [1.807, 2.05) is 41.5 Å². The number of aryl methyl sites for hydroxylation is 1. The lowest BCUT2D eigenvalue weighted by Crippen LogP contribution is -2.49. The number of Topliss-reactive ketones (excluding diaryl/α,β-unsaturated/α-hetero) is 1. The Balaban J connectivity index is 1.27. The van der Waals surface area contributed by atoms with Crippen molar-refractivity contribution in [3.8, 4) is 5.75 Å². The third-order valence-corrected chi connectivity index (χ3v) is 6.51. The van der Waals surface area contributed by atoms with Crippen LogP contribution in [0.2, 0.25) is 0 Å². The predicted molar refractivity (Wildman–Crippen MR) is 127 cm³/mol. The van der Waals surface area contributed by atoms with Gasteiger partial charge in [0.25, 0.3) is 0 Å². The molecule has 172 valence electrons. The molecule has 0 atom stereocenters. The number of piperazine rings is 1. The molecule has 0 N–H and O–H groups in total. The van der Waals surface area contributed by atoms with E-state index in [4.69, 9.17) is 4.74 Å². The smallest absolute Gasteiger partial charge is 0.228 e. The highest BCUT2D eigenvalue weighted by molar-refractivity contribution is 7.09. The number of hydrogen-bond donors (Lipinski definition) is 0. The third kappa shape index (κ3) is 5.76. The van der Waals surface area contributed by atoms with Crippen LogP contribution in [0.4, 0.5) is 10.1 Å². The lowest BCUT2D eigenvalue weighted by atomic mass is 10.1. The maximum atomic E-state index is 14.4. The van der Waals surface area contributed by atoms with E-state index in [-0.39, 0.29) is 18.1 Å². The number of rotatable bonds is 7. The summed E-state index contributed by atoms with van der Waals surface area (Å²) in [7, 11) is 0. The lowest BCUT2D eigenvalue weighted by molar-refractivity contribution is -0.130. The largest absolute Gasteiger partial charge is 0.486 e. The van der Waals surface area contributed by atoms with Gasteiger partial charge in [0.2, 0.25) is 5.91 Å². The Morgan fingerprint density at radius 1 is 1.09 bits per heavy atom. The van der Waals surface area contributed by atoms with E-state index in [1.54, 1.807) is 17.0 Å². The van der Waals surface area contributed by atoms with Gasteiger partial charge in [-0.15, -0.1) is 11.3 Å². The van der Waals surface area contributed by atoms with Crippen LogP contribution in [-0.2, 0) is 17.8 Å². The van der Waals surface area contributed by atoms with Crippen LogP contribution in [0.15, 0.2) is 47.8 Å². The normalized spacial score (nSPS) is 13.8. The first-order valence-corrected chi connectivity index (χ1v) is 11.7. The first-order valence-electron chi connectivity index (χ1n) is 10.8. The molecule has 4 rings (SSSR count). The molecule has 3 aromatic rings. The zero-order chi connectivity index (χ0) is 23.4. The van der Waals surface area contributed by atoms with Gasteiger partial charge in [-0.25, -0.2) is 9.37 Å². The minimum atomic E-state index is -0.412. The second-order valence-electron chi connectivity index (χ2n) is 8.10. The van der Waals surface area contributed by atoms with Gasteiger partial charge in [0.1, 0.15) is 23.2 Å². The highest BCUT2D eigenvalue weighted by atomic mass is 32.1. The summed E-state index contributed by atoms with van der Waals surface area (Å²) in [4.78, 5) is 32.4. The number of carbonyl (C=O) groups excluding carboxylic acids is 2. The third-order valence-electron chi connectivity index (χ3n) is 5.64. The molecule has 33 heavy (non-hydrogen) atoms. The van der Waals surface area contributed by atoms with E-state index in [0.29, 0.717) is 44.0 Å². The fourth-order valence-electron chi connectivity index (χ4n) is 3.72. The van der Waals surface area contributed by atoms with Gasteiger partial charge < -0.3 is 14.5 Å². The molecule has 0 radical (unpaired) electrons. The molecule has 2 heterocycles. The van der Waals surface area contributed by atoms with Crippen LogP contribution < -0.4 is 9.64 Å². The molecule has 1 aliphatic heterocycles. The number of ketones is 1. The molecule has 1 fully saturated rings. The summed E-state index contributed by atoms with van der Waals surface area (Å²) < 4.78 is 20.2. The first kappa shape index (κ1) is 22.9. The molecule has 2 aromatic carbocycles. The molecule has 0 aliphatic carbocycles. The highest BCUT2D eigenvalue weighted by Gasteiger charge is 2.24. The summed E-state index contributed by atoms with van der Waals surface area (Å²) in [6.45, 7) is 5.92. The van der Waals surface area contributed by atoms with E-state index in [1.165, 1.54) is 29.9 Å². The van der Waals surface area contributed by atoms with E-state index >= 15 is 0 Å². The number of benzene rings is 2. The molecule has 1 aliphatic rings. The van der Waals surface area contributed by atoms with Crippen molar-refractivity contribution in [2.75, 3.05) is 31.1 Å². The van der Waals surface area contributed by atoms with Crippen LogP contribution in [0, 0.1) is 12.7 Å². The minimum Gasteiger partial charge on any atom is -0.486 e. The van der Waals surface area contributed by atoms with Crippen LogP contribution >= 0.6 is 11.3 Å². The number of halogens is 1. The number of ether oxygens (including phenoxy) is 1. The monoisotopic (exact) mass is 467 g/mol. The van der Waals surface area contributed by atoms with Gasteiger partial charge in [-0.1, -0.05) is 17.7 Å². The molecule has 0 spiro atoms. The Morgan fingerprint density at radius 2 is 1.82 bits per heavy atom. The van der Waals surface area contributed by atoms with Crippen molar-refractivity contribution in [3.63, 3.8) is 0 Å². The number of anilines is 1. The molecule has 1 saturated heterocycles. The van der Waals surface area contributed by atoms with Crippen molar-refractivity contribution < 1.29 is 18.7 Å². The SMILES string of the molecule is CC(=O)c1ccc(N2CCN(C(=O)Cc3csc(COc4ccc(C)cc4)n3)CC2)c(F)c1. The summed E-state index contributed by atoms with van der Waals surface area (Å²) in [5.41, 5.74) is 2.73. The molecule has 8 heteroatoms. The topological polar surface area (TPSA) is 62.7 Å². The first-order chi connectivity index (χ1) is 15.9. The summed E-state index contributed by atoms with van der Waals surface area (Å²) in [6, 6.07) is 12.4. The maximum absolute atomic E-state index is 14.4. The van der Waals surface area contributed by atoms with Crippen molar-refractivity contribution in [1.29, 1.82) is 0 Å². The average Bonchev–Trinajstić information content (AvgIpc) is 3.26. The molecular formula is C25H26FN3O3S. The van der Waals surface area contributed by atoms with E-state index in [9.17, 15) is 14.0 Å². The van der Waals surface area contributed by atoms with Gasteiger partial charge in [-0.2, -0.15) is 0 Å². The van der Waals surface area contributed by atoms with Crippen molar-refractivity contribution in [3.05, 3.63) is 75.5 Å². The van der Waals surface area contributed by atoms with Gasteiger partial charge in [0.15, 0.2) is 5.78 Å². The van der Waals surface area contributed by atoms with Crippen molar-refractivity contribution in [2.45, 2.75) is 26.9 Å². The molecule has 1 aromatic heterocycles. The van der Waals surface area contributed by atoms with Crippen molar-refractivity contribution >= 4 is 28.7 Å². The number of nitrogens with zero attached hydrogens (tertiary/aromatic N) is 3. The fraction of sp³-hybridized carbons (Fsp3) is 0.320. The Hall–Kier alpha value is -3.26. The van der Waals surface area contributed by atoms with E-state index < -0.39 is 5.82 Å². The summed E-state index contributed by atoms with van der Waals surface area (Å²) in [5, 5.41) is 2.72. The van der Waals surface area contributed by atoms with Gasteiger partial charge in [-0.05, 0) is 44.2 Å². The molecular weight excluding hydrogens is 441 g/mol. The van der Waals surface area contributed by atoms with E-state index in [2.05, 4.69) is 4.98 Å². The Bertz CT molecular complexity index is 1140. The number of carbonyl (C=O) groups is 2. The Kier molecular flexibility index (Phi) is 7.03. The van der Waals surface area contributed by atoms with Crippen LogP contribution in [-0.4, -0.2) is 47.8 Å². The quantitative estimate of drug-likeness (QED) is 0.486. The maximum Gasteiger partial charge on any atom is 0.228 e. The molecule has 0 saturated carbocycles. The summed E-state index contributed by atoms with van der Waals surface area (Å²) in [5.74, 6) is 0.227. The second-order valence-corrected chi connectivity index (χ2v) is 9.04. The van der Waals surface area contributed by atoms with Gasteiger partial charge in [0, 0.05) is 37.1 Å². The number of thiazole rings is 1. The molecule has 6 nitrogen and oxygen atoms in total. The molecule has 0 bridgehead atoms. The zero-order valence-electron chi connectivity index (χ0n) is 18.7. The zero-order valence-corrected chi connectivity index (χ0v) is 19.5. The Morgan fingerprint density at radius 3 is 2.48 bits per heavy atom. The fourth-order valence-corrected chi connectivity index (χ4v) is 4.43. The summed E-state index contributed by atoms with van der Waals surface area (Å²) in [6.07, 6.45) is 0.239.